The number of hydrogen-bond acceptors (Lipinski definition) is 5. The number of halogens is 3. The van der Waals surface area contributed by atoms with Crippen molar-refractivity contribution in [2.24, 2.45) is 0 Å². The second-order valence-electron chi connectivity index (χ2n) is 5.39. The van der Waals surface area contributed by atoms with E-state index in [9.17, 15) is 18.0 Å². The Hall–Kier alpha value is -2.58. The second-order valence-corrected chi connectivity index (χ2v) is 5.39. The monoisotopic (exact) mass is 341 g/mol. The molecule has 6 nitrogen and oxygen atoms in total. The van der Waals surface area contributed by atoms with Gasteiger partial charge >= 0.3 is 6.18 Å². The van der Waals surface area contributed by atoms with E-state index in [1.165, 1.54) is 24.3 Å². The van der Waals surface area contributed by atoms with E-state index in [1.807, 2.05) is 0 Å². The molecule has 1 unspecified atom stereocenters. The fourth-order valence-corrected chi connectivity index (χ4v) is 2.38. The quantitative estimate of drug-likeness (QED) is 0.855. The van der Waals surface area contributed by atoms with E-state index in [2.05, 4.69) is 10.1 Å². The van der Waals surface area contributed by atoms with Gasteiger partial charge in [-0.2, -0.15) is 18.2 Å². The summed E-state index contributed by atoms with van der Waals surface area (Å²) >= 11 is 0. The minimum atomic E-state index is -4.39. The number of aromatic nitrogens is 2. The molecule has 1 aromatic heterocycles. The lowest BCUT2D eigenvalue weighted by molar-refractivity contribution is -0.199. The summed E-state index contributed by atoms with van der Waals surface area (Å²) in [7, 11) is 0. The summed E-state index contributed by atoms with van der Waals surface area (Å²) in [6, 6.07) is 4.21. The summed E-state index contributed by atoms with van der Waals surface area (Å²) in [5.41, 5.74) is 0.187. The molecule has 1 aliphatic heterocycles. The summed E-state index contributed by atoms with van der Waals surface area (Å²) in [6.45, 7) is 1.85. The molecule has 2 heterocycles. The molecule has 1 amide bonds. The number of carbonyl (C=O) groups excluding carboxylic acids is 1. The molecule has 1 atom stereocenters. The Morgan fingerprint density at radius 3 is 2.58 bits per heavy atom. The van der Waals surface area contributed by atoms with Gasteiger partial charge in [0.1, 0.15) is 11.8 Å². The van der Waals surface area contributed by atoms with Gasteiger partial charge in [-0.25, -0.2) is 0 Å². The zero-order valence-electron chi connectivity index (χ0n) is 12.7. The van der Waals surface area contributed by atoms with E-state index in [0.717, 1.165) is 4.90 Å². The van der Waals surface area contributed by atoms with Crippen molar-refractivity contribution < 1.29 is 27.2 Å². The van der Waals surface area contributed by atoms with Crippen LogP contribution in [0.25, 0.3) is 0 Å². The number of ether oxygens (including phenoxy) is 1. The Balaban J connectivity index is 1.61. The first-order valence-corrected chi connectivity index (χ1v) is 7.24. The maximum atomic E-state index is 12.7. The summed E-state index contributed by atoms with van der Waals surface area (Å²) in [5.74, 6) is 0.610. The third kappa shape index (κ3) is 3.34. The number of aryl methyl sites for hydroxylation is 1. The van der Waals surface area contributed by atoms with E-state index in [4.69, 9.17) is 9.26 Å². The van der Waals surface area contributed by atoms with Crippen LogP contribution in [0.5, 0.6) is 5.75 Å². The molecule has 24 heavy (non-hydrogen) atoms. The van der Waals surface area contributed by atoms with E-state index < -0.39 is 18.1 Å². The molecular weight excluding hydrogens is 327 g/mol. The normalized spacial score (nSPS) is 17.5. The van der Waals surface area contributed by atoms with Crippen LogP contribution < -0.4 is 4.74 Å². The number of alkyl halides is 3. The van der Waals surface area contributed by atoms with Gasteiger partial charge in [0.2, 0.25) is 11.7 Å². The summed E-state index contributed by atoms with van der Waals surface area (Å²) in [5, 5.41) is 3.67. The molecule has 0 N–H and O–H groups in total. The molecule has 1 aromatic carbocycles. The maximum absolute atomic E-state index is 12.7. The van der Waals surface area contributed by atoms with Crippen LogP contribution >= 0.6 is 0 Å². The predicted molar refractivity (Wildman–Crippen MR) is 75.3 cm³/mol. The van der Waals surface area contributed by atoms with Crippen molar-refractivity contribution in [3.63, 3.8) is 0 Å². The van der Waals surface area contributed by atoms with Gasteiger partial charge in [0.25, 0.3) is 5.91 Å². The maximum Gasteiger partial charge on any atom is 0.408 e. The van der Waals surface area contributed by atoms with E-state index in [-0.39, 0.29) is 25.1 Å². The van der Waals surface area contributed by atoms with Gasteiger partial charge < -0.3 is 14.2 Å². The highest BCUT2D eigenvalue weighted by Crippen LogP contribution is 2.34. The lowest BCUT2D eigenvalue weighted by Crippen LogP contribution is -2.58. The molecule has 0 bridgehead atoms. The van der Waals surface area contributed by atoms with Gasteiger partial charge in [-0.1, -0.05) is 5.16 Å². The number of amides is 1. The molecule has 0 aliphatic carbocycles. The Morgan fingerprint density at radius 1 is 1.38 bits per heavy atom. The Morgan fingerprint density at radius 2 is 2.08 bits per heavy atom. The van der Waals surface area contributed by atoms with Crippen LogP contribution in [0.1, 0.15) is 28.5 Å². The molecule has 2 aromatic rings. The highest BCUT2D eigenvalue weighted by Gasteiger charge is 2.50. The van der Waals surface area contributed by atoms with Gasteiger partial charge in [0, 0.05) is 19.0 Å². The summed E-state index contributed by atoms with van der Waals surface area (Å²) < 4.78 is 48.4. The second kappa shape index (κ2) is 6.14. The van der Waals surface area contributed by atoms with E-state index in [1.54, 1.807) is 6.92 Å². The van der Waals surface area contributed by atoms with Gasteiger partial charge in [-0.05, 0) is 30.7 Å². The van der Waals surface area contributed by atoms with Crippen molar-refractivity contribution in [1.29, 1.82) is 0 Å². The average molecular weight is 341 g/mol. The molecule has 1 saturated heterocycles. The number of likely N-dealkylation sites (tertiary alicyclic amines) is 1. The molecular formula is C15H14F3N3O3. The van der Waals surface area contributed by atoms with Crippen LogP contribution in [0.4, 0.5) is 13.2 Å². The van der Waals surface area contributed by atoms with Gasteiger partial charge in [0.05, 0.1) is 0 Å². The number of hydrogen-bond donors (Lipinski definition) is 0. The van der Waals surface area contributed by atoms with Crippen molar-refractivity contribution in [3.8, 4) is 5.75 Å². The van der Waals surface area contributed by atoms with Crippen LogP contribution in [-0.4, -0.2) is 39.7 Å². The van der Waals surface area contributed by atoms with Crippen LogP contribution in [0.3, 0.4) is 0 Å². The van der Waals surface area contributed by atoms with Crippen LogP contribution in [-0.2, 0) is 6.61 Å². The highest BCUT2D eigenvalue weighted by molar-refractivity contribution is 5.95. The first kappa shape index (κ1) is 16.3. The zero-order chi connectivity index (χ0) is 17.3. The van der Waals surface area contributed by atoms with Crippen molar-refractivity contribution in [3.05, 3.63) is 41.5 Å². The number of benzene rings is 1. The fourth-order valence-electron chi connectivity index (χ4n) is 2.38. The van der Waals surface area contributed by atoms with Crippen LogP contribution in [0.15, 0.2) is 28.8 Å². The van der Waals surface area contributed by atoms with Crippen molar-refractivity contribution >= 4 is 5.91 Å². The van der Waals surface area contributed by atoms with Crippen LogP contribution in [0.2, 0.25) is 0 Å². The number of carbonyl (C=O) groups is 1. The topological polar surface area (TPSA) is 68.5 Å². The van der Waals surface area contributed by atoms with Gasteiger partial charge in [0.15, 0.2) is 6.61 Å². The standard InChI is InChI=1S/C15H14F3N3O3/c1-9-19-13(20-24-9)8-23-11-4-2-10(3-5-11)14(22)21-7-6-12(21)15(16,17)18/h2-5,12H,6-8H2,1H3. The van der Waals surface area contributed by atoms with Crippen molar-refractivity contribution in [2.75, 3.05) is 6.54 Å². The molecule has 1 aliphatic rings. The third-order valence-electron chi connectivity index (χ3n) is 3.70. The minimum absolute atomic E-state index is 0.0550. The number of nitrogens with zero attached hydrogens (tertiary/aromatic N) is 3. The van der Waals surface area contributed by atoms with E-state index in [0.29, 0.717) is 17.5 Å². The fraction of sp³-hybridized carbons (Fsp3) is 0.400. The first-order valence-electron chi connectivity index (χ1n) is 7.24. The molecule has 3 rings (SSSR count). The Bertz CT molecular complexity index is 728. The largest absolute Gasteiger partial charge is 0.485 e. The molecule has 9 heteroatoms. The molecule has 0 spiro atoms. The Labute approximate surface area is 135 Å². The average Bonchev–Trinajstić information content (AvgIpc) is 2.88. The van der Waals surface area contributed by atoms with Gasteiger partial charge in [-0.15, -0.1) is 0 Å². The smallest absolute Gasteiger partial charge is 0.408 e. The third-order valence-corrected chi connectivity index (χ3v) is 3.70. The molecule has 128 valence electrons. The summed E-state index contributed by atoms with van der Waals surface area (Å²) in [6.07, 6.45) is -4.44. The summed E-state index contributed by atoms with van der Waals surface area (Å²) in [4.78, 5) is 16.9. The zero-order valence-corrected chi connectivity index (χ0v) is 12.7. The SMILES string of the molecule is Cc1nc(COc2ccc(C(=O)N3CCC3C(F)(F)F)cc2)no1. The molecule has 0 radical (unpaired) electrons. The molecule has 0 saturated carbocycles. The van der Waals surface area contributed by atoms with Crippen molar-refractivity contribution in [1.82, 2.24) is 15.0 Å². The van der Waals surface area contributed by atoms with Gasteiger partial charge in [-0.3, -0.25) is 4.79 Å². The predicted octanol–water partition coefficient (Wildman–Crippen LogP) is 2.73. The lowest BCUT2D eigenvalue weighted by Gasteiger charge is -2.41. The van der Waals surface area contributed by atoms with Crippen LogP contribution in [0, 0.1) is 6.92 Å². The molecule has 1 fully saturated rings. The van der Waals surface area contributed by atoms with E-state index >= 15 is 0 Å². The minimum Gasteiger partial charge on any atom is -0.485 e. The lowest BCUT2D eigenvalue weighted by atomic mass is 10.0. The first-order chi connectivity index (χ1) is 11.3. The van der Waals surface area contributed by atoms with Crippen molar-refractivity contribution in [2.45, 2.75) is 32.2 Å². The Kier molecular flexibility index (Phi) is 4.16. The highest BCUT2D eigenvalue weighted by atomic mass is 19.4. The number of rotatable bonds is 4.